The number of rotatable bonds is 8. The molecule has 0 aliphatic heterocycles. The fourth-order valence-corrected chi connectivity index (χ4v) is 2.24. The van der Waals surface area contributed by atoms with E-state index in [2.05, 4.69) is 43.2 Å². The quantitative estimate of drug-likeness (QED) is 0.729. The van der Waals surface area contributed by atoms with Gasteiger partial charge in [-0.2, -0.15) is 5.26 Å². The van der Waals surface area contributed by atoms with E-state index in [1.165, 1.54) is 12.0 Å². The molecule has 0 aliphatic carbocycles. The maximum Gasteiger partial charge on any atom is 0.0991 e. The van der Waals surface area contributed by atoms with Gasteiger partial charge in [-0.05, 0) is 50.2 Å². The average molecular weight is 259 g/mol. The SMILES string of the molecule is CCCNCC(C)CN(C)Cc1cccc(C#N)c1. The van der Waals surface area contributed by atoms with E-state index in [4.69, 9.17) is 5.26 Å². The molecule has 3 nitrogen and oxygen atoms in total. The molecule has 1 atom stereocenters. The van der Waals surface area contributed by atoms with Crippen LogP contribution in [0.2, 0.25) is 0 Å². The summed E-state index contributed by atoms with van der Waals surface area (Å²) in [5, 5.41) is 12.3. The van der Waals surface area contributed by atoms with Crippen molar-refractivity contribution in [3.63, 3.8) is 0 Å². The molecule has 0 fully saturated rings. The molecule has 0 heterocycles. The summed E-state index contributed by atoms with van der Waals surface area (Å²) in [6.07, 6.45) is 1.18. The van der Waals surface area contributed by atoms with Crippen LogP contribution in [0.3, 0.4) is 0 Å². The summed E-state index contributed by atoms with van der Waals surface area (Å²) < 4.78 is 0. The molecular weight excluding hydrogens is 234 g/mol. The van der Waals surface area contributed by atoms with E-state index in [9.17, 15) is 0 Å². The lowest BCUT2D eigenvalue weighted by atomic mass is 10.1. The molecule has 1 aromatic rings. The maximum absolute atomic E-state index is 8.89. The Balaban J connectivity index is 2.37. The molecule has 0 spiro atoms. The van der Waals surface area contributed by atoms with Crippen molar-refractivity contribution >= 4 is 0 Å². The Hall–Kier alpha value is -1.37. The Morgan fingerprint density at radius 3 is 2.89 bits per heavy atom. The zero-order chi connectivity index (χ0) is 14.1. The first-order chi connectivity index (χ1) is 9.15. The molecule has 3 heteroatoms. The van der Waals surface area contributed by atoms with Gasteiger partial charge in [-0.15, -0.1) is 0 Å². The lowest BCUT2D eigenvalue weighted by Gasteiger charge is -2.21. The Morgan fingerprint density at radius 1 is 1.42 bits per heavy atom. The number of benzene rings is 1. The third-order valence-electron chi connectivity index (χ3n) is 3.05. The molecular formula is C16H25N3. The largest absolute Gasteiger partial charge is 0.316 e. The molecule has 0 aliphatic rings. The number of hydrogen-bond donors (Lipinski definition) is 1. The number of nitrogens with one attached hydrogen (secondary N) is 1. The van der Waals surface area contributed by atoms with Crippen molar-refractivity contribution in [1.82, 2.24) is 10.2 Å². The van der Waals surface area contributed by atoms with Crippen LogP contribution >= 0.6 is 0 Å². The zero-order valence-corrected chi connectivity index (χ0v) is 12.3. The average Bonchev–Trinajstić information content (AvgIpc) is 2.39. The minimum absolute atomic E-state index is 0.635. The third-order valence-corrected chi connectivity index (χ3v) is 3.05. The Bertz CT molecular complexity index is 409. The smallest absolute Gasteiger partial charge is 0.0991 e. The molecule has 1 rings (SSSR count). The van der Waals surface area contributed by atoms with Crippen LogP contribution in [-0.4, -0.2) is 31.6 Å². The molecule has 1 aromatic carbocycles. The summed E-state index contributed by atoms with van der Waals surface area (Å²) in [5.74, 6) is 0.635. The van der Waals surface area contributed by atoms with Crippen molar-refractivity contribution in [2.75, 3.05) is 26.7 Å². The second-order valence-corrected chi connectivity index (χ2v) is 5.32. The van der Waals surface area contributed by atoms with Crippen LogP contribution in [0.25, 0.3) is 0 Å². The molecule has 104 valence electrons. The highest BCUT2D eigenvalue weighted by molar-refractivity contribution is 5.32. The van der Waals surface area contributed by atoms with E-state index in [0.717, 1.165) is 31.7 Å². The standard InChI is InChI=1S/C16H25N3/c1-4-8-18-11-14(2)12-19(3)13-16-7-5-6-15(9-16)10-17/h5-7,9,14,18H,4,8,11-13H2,1-3H3. The van der Waals surface area contributed by atoms with Crippen molar-refractivity contribution in [3.8, 4) is 6.07 Å². The highest BCUT2D eigenvalue weighted by Gasteiger charge is 2.07. The number of nitriles is 1. The van der Waals surface area contributed by atoms with E-state index >= 15 is 0 Å². The van der Waals surface area contributed by atoms with Gasteiger partial charge in [0.25, 0.3) is 0 Å². The predicted octanol–water partition coefficient (Wildman–Crippen LogP) is 2.63. The fraction of sp³-hybridized carbons (Fsp3) is 0.562. The number of nitrogens with zero attached hydrogens (tertiary/aromatic N) is 2. The highest BCUT2D eigenvalue weighted by atomic mass is 15.1. The summed E-state index contributed by atoms with van der Waals surface area (Å²) in [4.78, 5) is 2.31. The Kier molecular flexibility index (Phi) is 7.17. The lowest BCUT2D eigenvalue weighted by molar-refractivity contribution is 0.274. The van der Waals surface area contributed by atoms with Gasteiger partial charge in [-0.25, -0.2) is 0 Å². The van der Waals surface area contributed by atoms with Crippen molar-refractivity contribution in [2.24, 2.45) is 5.92 Å². The molecule has 0 saturated carbocycles. The van der Waals surface area contributed by atoms with Crippen molar-refractivity contribution in [1.29, 1.82) is 5.26 Å². The monoisotopic (exact) mass is 259 g/mol. The van der Waals surface area contributed by atoms with Crippen LogP contribution < -0.4 is 5.32 Å². The van der Waals surface area contributed by atoms with Crippen LogP contribution in [-0.2, 0) is 6.54 Å². The molecule has 1 N–H and O–H groups in total. The lowest BCUT2D eigenvalue weighted by Crippen LogP contribution is -2.31. The van der Waals surface area contributed by atoms with Crippen molar-refractivity contribution < 1.29 is 0 Å². The normalized spacial score (nSPS) is 12.4. The first-order valence-corrected chi connectivity index (χ1v) is 7.04. The van der Waals surface area contributed by atoms with Crippen molar-refractivity contribution in [2.45, 2.75) is 26.8 Å². The van der Waals surface area contributed by atoms with E-state index < -0.39 is 0 Å². The van der Waals surface area contributed by atoms with Crippen LogP contribution in [0.4, 0.5) is 0 Å². The molecule has 0 amide bonds. The minimum Gasteiger partial charge on any atom is -0.316 e. The van der Waals surface area contributed by atoms with Gasteiger partial charge in [0.2, 0.25) is 0 Å². The second kappa shape index (κ2) is 8.68. The van der Waals surface area contributed by atoms with E-state index in [1.54, 1.807) is 0 Å². The van der Waals surface area contributed by atoms with Crippen LogP contribution in [0, 0.1) is 17.2 Å². The van der Waals surface area contributed by atoms with Crippen LogP contribution in [0.1, 0.15) is 31.4 Å². The summed E-state index contributed by atoms with van der Waals surface area (Å²) in [6.45, 7) is 8.58. The summed E-state index contributed by atoms with van der Waals surface area (Å²) in [5.41, 5.74) is 1.94. The third kappa shape index (κ3) is 6.37. The first kappa shape index (κ1) is 15.7. The minimum atomic E-state index is 0.635. The van der Waals surface area contributed by atoms with Gasteiger partial charge in [-0.3, -0.25) is 0 Å². The van der Waals surface area contributed by atoms with Gasteiger partial charge < -0.3 is 10.2 Å². The van der Waals surface area contributed by atoms with Crippen LogP contribution in [0.15, 0.2) is 24.3 Å². The van der Waals surface area contributed by atoms with Gasteiger partial charge in [0.15, 0.2) is 0 Å². The zero-order valence-electron chi connectivity index (χ0n) is 12.3. The van der Waals surface area contributed by atoms with Gasteiger partial charge in [0.1, 0.15) is 0 Å². The first-order valence-electron chi connectivity index (χ1n) is 7.04. The maximum atomic E-state index is 8.89. The topological polar surface area (TPSA) is 39.1 Å². The molecule has 0 radical (unpaired) electrons. The predicted molar refractivity (Wildman–Crippen MR) is 79.8 cm³/mol. The summed E-state index contributed by atoms with van der Waals surface area (Å²) in [6, 6.07) is 10.0. The Labute approximate surface area is 117 Å². The van der Waals surface area contributed by atoms with Crippen LogP contribution in [0.5, 0.6) is 0 Å². The van der Waals surface area contributed by atoms with Gasteiger partial charge in [0, 0.05) is 13.1 Å². The highest BCUT2D eigenvalue weighted by Crippen LogP contribution is 2.08. The molecule has 0 aromatic heterocycles. The van der Waals surface area contributed by atoms with Gasteiger partial charge >= 0.3 is 0 Å². The van der Waals surface area contributed by atoms with Gasteiger partial charge in [-0.1, -0.05) is 26.0 Å². The van der Waals surface area contributed by atoms with E-state index in [-0.39, 0.29) is 0 Å². The number of hydrogen-bond acceptors (Lipinski definition) is 3. The summed E-state index contributed by atoms with van der Waals surface area (Å²) in [7, 11) is 2.13. The van der Waals surface area contributed by atoms with E-state index in [0.29, 0.717) is 5.92 Å². The Morgan fingerprint density at radius 2 is 2.21 bits per heavy atom. The summed E-state index contributed by atoms with van der Waals surface area (Å²) >= 11 is 0. The fourth-order valence-electron chi connectivity index (χ4n) is 2.24. The van der Waals surface area contributed by atoms with Gasteiger partial charge in [0.05, 0.1) is 11.6 Å². The van der Waals surface area contributed by atoms with E-state index in [1.807, 2.05) is 18.2 Å². The second-order valence-electron chi connectivity index (χ2n) is 5.32. The molecule has 0 bridgehead atoms. The molecule has 19 heavy (non-hydrogen) atoms. The molecule has 1 unspecified atom stereocenters. The molecule has 0 saturated heterocycles. The van der Waals surface area contributed by atoms with Crippen molar-refractivity contribution in [3.05, 3.63) is 35.4 Å².